The second kappa shape index (κ2) is 1.93. The molecule has 4 nitrogen and oxygen atoms in total. The molecule has 2 saturated heterocycles. The van der Waals surface area contributed by atoms with Crippen molar-refractivity contribution in [1.82, 2.24) is 0 Å². The van der Waals surface area contributed by atoms with Gasteiger partial charge in [-0.1, -0.05) is 12.2 Å². The summed E-state index contributed by atoms with van der Waals surface area (Å²) in [5.41, 5.74) is -1.66. The molecule has 0 N–H and O–H groups in total. The summed E-state index contributed by atoms with van der Waals surface area (Å²) < 4.78 is 10.3. The lowest BCUT2D eigenvalue weighted by Crippen LogP contribution is -2.46. The highest BCUT2D eigenvalue weighted by atomic mass is 16.6. The molecule has 0 radical (unpaired) electrons. The first-order chi connectivity index (χ1) is 6.51. The highest BCUT2D eigenvalue weighted by molar-refractivity contribution is 6.03. The van der Waals surface area contributed by atoms with Gasteiger partial charge >= 0.3 is 11.9 Å². The zero-order valence-electron chi connectivity index (χ0n) is 7.94. The van der Waals surface area contributed by atoms with Gasteiger partial charge in [0.2, 0.25) is 0 Å². The summed E-state index contributed by atoms with van der Waals surface area (Å²) in [5, 5.41) is 0. The fourth-order valence-corrected chi connectivity index (χ4v) is 2.65. The van der Waals surface area contributed by atoms with E-state index < -0.39 is 22.8 Å². The van der Waals surface area contributed by atoms with Crippen molar-refractivity contribution in [2.75, 3.05) is 0 Å². The van der Waals surface area contributed by atoms with Crippen molar-refractivity contribution in [2.45, 2.75) is 26.1 Å². The first kappa shape index (κ1) is 8.17. The highest BCUT2D eigenvalue weighted by Gasteiger charge is 2.75. The zero-order valence-corrected chi connectivity index (χ0v) is 7.94. The van der Waals surface area contributed by atoms with Gasteiger partial charge in [-0.15, -0.1) is 0 Å². The van der Waals surface area contributed by atoms with Crippen LogP contribution < -0.4 is 0 Å². The molecule has 4 atom stereocenters. The molecule has 14 heavy (non-hydrogen) atoms. The molecule has 0 unspecified atom stereocenters. The molecule has 3 heterocycles. The Labute approximate surface area is 80.9 Å². The Bertz CT molecular complexity index is 352. The first-order valence-electron chi connectivity index (χ1n) is 4.62. The molecule has 0 amide bonds. The van der Waals surface area contributed by atoms with Crippen molar-refractivity contribution in [1.29, 1.82) is 0 Å². The molecule has 4 heteroatoms. The lowest BCUT2D eigenvalue weighted by Gasteiger charge is -2.31. The smallest absolute Gasteiger partial charge is 0.323 e. The molecule has 2 bridgehead atoms. The van der Waals surface area contributed by atoms with Crippen LogP contribution in [0, 0.1) is 10.8 Å². The monoisotopic (exact) mass is 194 g/mol. The molecule has 0 aliphatic carbocycles. The minimum atomic E-state index is -0.830. The van der Waals surface area contributed by atoms with Gasteiger partial charge in [-0.25, -0.2) is 0 Å². The van der Waals surface area contributed by atoms with E-state index in [2.05, 4.69) is 0 Å². The van der Waals surface area contributed by atoms with Gasteiger partial charge in [-0.2, -0.15) is 0 Å². The number of cyclic esters (lactones) is 2. The lowest BCUT2D eigenvalue weighted by atomic mass is 9.61. The number of ether oxygens (including phenoxy) is 2. The van der Waals surface area contributed by atoms with Gasteiger partial charge in [0.1, 0.15) is 10.8 Å². The quantitative estimate of drug-likeness (QED) is 0.318. The molecule has 0 saturated carbocycles. The number of hydrogen-bond acceptors (Lipinski definition) is 4. The van der Waals surface area contributed by atoms with Crippen LogP contribution in [0.1, 0.15) is 13.8 Å². The Morgan fingerprint density at radius 3 is 1.93 bits per heavy atom. The maximum atomic E-state index is 11.6. The summed E-state index contributed by atoms with van der Waals surface area (Å²) in [6, 6.07) is 0. The number of carbonyl (C=O) groups is 2. The van der Waals surface area contributed by atoms with Crippen molar-refractivity contribution < 1.29 is 19.1 Å². The predicted octanol–water partition coefficient (Wildman–Crippen LogP) is 0.420. The normalized spacial score (nSPS) is 53.9. The first-order valence-corrected chi connectivity index (χ1v) is 4.62. The average Bonchev–Trinajstić information content (AvgIpc) is 2.73. The van der Waals surface area contributed by atoms with Crippen LogP contribution in [0.5, 0.6) is 0 Å². The van der Waals surface area contributed by atoms with E-state index in [1.54, 1.807) is 13.8 Å². The number of carbonyl (C=O) groups excluding carboxylic acids is 2. The predicted molar refractivity (Wildman–Crippen MR) is 45.1 cm³/mol. The molecule has 3 aliphatic rings. The van der Waals surface area contributed by atoms with Crippen LogP contribution in [-0.2, 0) is 19.1 Å². The van der Waals surface area contributed by atoms with Crippen molar-refractivity contribution in [2.24, 2.45) is 10.8 Å². The molecule has 74 valence electrons. The highest BCUT2D eigenvalue weighted by Crippen LogP contribution is 2.61. The summed E-state index contributed by atoms with van der Waals surface area (Å²) in [7, 11) is 0. The van der Waals surface area contributed by atoms with Crippen LogP contribution in [0.4, 0.5) is 0 Å². The lowest BCUT2D eigenvalue weighted by molar-refractivity contribution is -0.159. The Morgan fingerprint density at radius 2 is 1.50 bits per heavy atom. The summed E-state index contributed by atoms with van der Waals surface area (Å²) >= 11 is 0. The van der Waals surface area contributed by atoms with E-state index in [1.807, 2.05) is 12.2 Å². The number of rotatable bonds is 0. The van der Waals surface area contributed by atoms with Gasteiger partial charge in [0.15, 0.2) is 0 Å². The SMILES string of the molecule is C[C@@]12C(=O)OC(=O)[C@@]1(C)[C@H]1C=C[C@@H]2O1. The summed E-state index contributed by atoms with van der Waals surface area (Å²) in [5.74, 6) is -0.913. The molecule has 0 aromatic carbocycles. The van der Waals surface area contributed by atoms with E-state index in [4.69, 9.17) is 9.47 Å². The van der Waals surface area contributed by atoms with Crippen molar-refractivity contribution >= 4 is 11.9 Å². The molecule has 3 aliphatic heterocycles. The number of hydrogen-bond donors (Lipinski definition) is 0. The van der Waals surface area contributed by atoms with Crippen LogP contribution in [0.15, 0.2) is 12.2 Å². The van der Waals surface area contributed by atoms with Gasteiger partial charge in [-0.05, 0) is 13.8 Å². The van der Waals surface area contributed by atoms with Gasteiger partial charge in [0, 0.05) is 0 Å². The molecular weight excluding hydrogens is 184 g/mol. The van der Waals surface area contributed by atoms with Crippen LogP contribution >= 0.6 is 0 Å². The van der Waals surface area contributed by atoms with Crippen LogP contribution in [-0.4, -0.2) is 24.1 Å². The van der Waals surface area contributed by atoms with Gasteiger partial charge in [0.25, 0.3) is 0 Å². The fraction of sp³-hybridized carbons (Fsp3) is 0.600. The van der Waals surface area contributed by atoms with E-state index in [0.29, 0.717) is 0 Å². The molecule has 0 spiro atoms. The van der Waals surface area contributed by atoms with Crippen LogP contribution in [0.25, 0.3) is 0 Å². The third-order valence-electron chi connectivity index (χ3n) is 4.00. The zero-order chi connectivity index (χ0) is 10.1. The van der Waals surface area contributed by atoms with Gasteiger partial charge in [-0.3, -0.25) is 9.59 Å². The standard InChI is InChI=1S/C10H10O4/c1-9-5-3-4-6(13-5)10(9,2)8(12)14-7(9)11/h3-6H,1-2H3/t5-,6+,9-,10-/m1/s1. The fourth-order valence-electron chi connectivity index (χ4n) is 2.65. The molecule has 0 aromatic rings. The van der Waals surface area contributed by atoms with Crippen molar-refractivity contribution in [3.8, 4) is 0 Å². The van der Waals surface area contributed by atoms with E-state index in [9.17, 15) is 9.59 Å². The van der Waals surface area contributed by atoms with E-state index in [0.717, 1.165) is 0 Å². The topological polar surface area (TPSA) is 52.6 Å². The van der Waals surface area contributed by atoms with Crippen molar-refractivity contribution in [3.63, 3.8) is 0 Å². The molecule has 0 aromatic heterocycles. The van der Waals surface area contributed by atoms with Gasteiger partial charge in [0.05, 0.1) is 12.2 Å². The third-order valence-corrected chi connectivity index (χ3v) is 4.00. The van der Waals surface area contributed by atoms with Crippen LogP contribution in [0.3, 0.4) is 0 Å². The van der Waals surface area contributed by atoms with Gasteiger partial charge < -0.3 is 9.47 Å². The second-order valence-corrected chi connectivity index (χ2v) is 4.44. The van der Waals surface area contributed by atoms with E-state index >= 15 is 0 Å². The number of esters is 2. The third kappa shape index (κ3) is 0.522. The number of fused-ring (bicyclic) bond motifs is 5. The van der Waals surface area contributed by atoms with E-state index in [1.165, 1.54) is 0 Å². The maximum absolute atomic E-state index is 11.6. The Kier molecular flexibility index (Phi) is 1.13. The largest absolute Gasteiger partial charge is 0.392 e. The minimum absolute atomic E-state index is 0.309. The Balaban J connectivity index is 2.26. The Hall–Kier alpha value is -1.16. The summed E-state index contributed by atoms with van der Waals surface area (Å²) in [6.45, 7) is 3.49. The van der Waals surface area contributed by atoms with E-state index in [-0.39, 0.29) is 12.2 Å². The minimum Gasteiger partial charge on any atom is -0.392 e. The summed E-state index contributed by atoms with van der Waals surface area (Å²) in [6.07, 6.45) is 3.06. The second-order valence-electron chi connectivity index (χ2n) is 4.44. The molecule has 2 fully saturated rings. The molecular formula is C10H10O4. The van der Waals surface area contributed by atoms with Crippen molar-refractivity contribution in [3.05, 3.63) is 12.2 Å². The van der Waals surface area contributed by atoms with Crippen LogP contribution in [0.2, 0.25) is 0 Å². The summed E-state index contributed by atoms with van der Waals surface area (Å²) in [4.78, 5) is 23.3. The maximum Gasteiger partial charge on any atom is 0.323 e. The molecule has 3 rings (SSSR count). The Morgan fingerprint density at radius 1 is 1.07 bits per heavy atom. The average molecular weight is 194 g/mol.